The van der Waals surface area contributed by atoms with E-state index in [0.717, 1.165) is 63.6 Å². The van der Waals surface area contributed by atoms with Crippen LogP contribution < -0.4 is 5.32 Å². The highest BCUT2D eigenvalue weighted by Crippen LogP contribution is 2.24. The number of piperazine rings is 1. The number of likely N-dealkylation sites (N-methyl/N-ethyl adjacent to an activating group) is 1. The molecule has 18 heavy (non-hydrogen) atoms. The highest BCUT2D eigenvalue weighted by Gasteiger charge is 2.24. The van der Waals surface area contributed by atoms with Crippen molar-refractivity contribution in [2.24, 2.45) is 5.92 Å². The molecule has 1 N–H and O–H groups in total. The van der Waals surface area contributed by atoms with Crippen molar-refractivity contribution < 1.29 is 4.79 Å². The van der Waals surface area contributed by atoms with Crippen molar-refractivity contribution >= 4 is 17.7 Å². The smallest absolute Gasteiger partial charge is 0.225 e. The van der Waals surface area contributed by atoms with Crippen LogP contribution in [0.2, 0.25) is 0 Å². The number of nitrogens with one attached hydrogen (secondary N) is 1. The number of rotatable bonds is 4. The van der Waals surface area contributed by atoms with Crippen molar-refractivity contribution in [2.45, 2.75) is 12.8 Å². The molecule has 0 aromatic carbocycles. The predicted octanol–water partition coefficient (Wildman–Crippen LogP) is 0.493. The van der Waals surface area contributed by atoms with Crippen LogP contribution in [0, 0.1) is 5.92 Å². The Hall–Kier alpha value is -0.260. The molecular formula is C13H25N3OS. The molecule has 4 nitrogen and oxygen atoms in total. The number of carbonyl (C=O) groups excluding carboxylic acids is 1. The van der Waals surface area contributed by atoms with Gasteiger partial charge in [-0.05, 0) is 24.3 Å². The second kappa shape index (κ2) is 7.36. The fourth-order valence-electron chi connectivity index (χ4n) is 2.59. The zero-order chi connectivity index (χ0) is 12.8. The lowest BCUT2D eigenvalue weighted by atomic mass is 10.0. The van der Waals surface area contributed by atoms with E-state index in [2.05, 4.69) is 10.2 Å². The molecule has 0 aromatic heterocycles. The molecule has 2 aliphatic heterocycles. The second-order valence-corrected chi connectivity index (χ2v) is 6.46. The molecule has 2 heterocycles. The second-order valence-electron chi connectivity index (χ2n) is 5.24. The van der Waals surface area contributed by atoms with Gasteiger partial charge >= 0.3 is 0 Å². The summed E-state index contributed by atoms with van der Waals surface area (Å²) >= 11 is 1.98. The van der Waals surface area contributed by atoms with Crippen molar-refractivity contribution in [1.82, 2.24) is 15.1 Å². The van der Waals surface area contributed by atoms with E-state index in [9.17, 15) is 4.79 Å². The number of thioether (sulfide) groups is 1. The summed E-state index contributed by atoms with van der Waals surface area (Å²) in [6, 6.07) is 0. The quantitative estimate of drug-likeness (QED) is 0.807. The summed E-state index contributed by atoms with van der Waals surface area (Å²) in [6.45, 7) is 6.28. The third-order valence-electron chi connectivity index (χ3n) is 3.91. The Kier molecular flexibility index (Phi) is 5.79. The fourth-order valence-corrected chi connectivity index (χ4v) is 3.70. The minimum absolute atomic E-state index is 0.291. The van der Waals surface area contributed by atoms with Gasteiger partial charge in [0.1, 0.15) is 0 Å². The van der Waals surface area contributed by atoms with E-state index in [-0.39, 0.29) is 0 Å². The summed E-state index contributed by atoms with van der Waals surface area (Å²) in [4.78, 5) is 16.6. The highest BCUT2D eigenvalue weighted by atomic mass is 32.2. The Balaban J connectivity index is 1.69. The van der Waals surface area contributed by atoms with Gasteiger partial charge in [-0.25, -0.2) is 0 Å². The van der Waals surface area contributed by atoms with Crippen LogP contribution in [-0.2, 0) is 4.79 Å². The molecule has 0 saturated carbocycles. The highest BCUT2D eigenvalue weighted by molar-refractivity contribution is 7.99. The summed E-state index contributed by atoms with van der Waals surface area (Å²) in [7, 11) is 1.96. The van der Waals surface area contributed by atoms with Gasteiger partial charge in [0.2, 0.25) is 5.91 Å². The zero-order valence-electron chi connectivity index (χ0n) is 11.4. The third-order valence-corrected chi connectivity index (χ3v) is 4.96. The van der Waals surface area contributed by atoms with Gasteiger partial charge in [0.15, 0.2) is 0 Å². The standard InChI is InChI=1S/C13H25N3OS/c1-15(8-9-16-6-4-14-5-7-16)13(17)12-2-10-18-11-3-12/h12,14H,2-11H2,1H3. The van der Waals surface area contributed by atoms with Crippen molar-refractivity contribution in [3.05, 3.63) is 0 Å². The molecule has 0 aliphatic carbocycles. The van der Waals surface area contributed by atoms with Gasteiger partial charge in [-0.2, -0.15) is 11.8 Å². The molecule has 2 rings (SSSR count). The molecular weight excluding hydrogens is 246 g/mol. The Morgan fingerprint density at radius 3 is 2.67 bits per heavy atom. The first-order valence-corrected chi connectivity index (χ1v) is 8.18. The summed E-state index contributed by atoms with van der Waals surface area (Å²) in [6.07, 6.45) is 2.14. The topological polar surface area (TPSA) is 35.6 Å². The molecule has 5 heteroatoms. The minimum Gasteiger partial charge on any atom is -0.344 e. The third kappa shape index (κ3) is 4.14. The van der Waals surface area contributed by atoms with Crippen LogP contribution in [0.3, 0.4) is 0 Å². The first-order chi connectivity index (χ1) is 8.77. The molecule has 0 atom stereocenters. The number of hydrogen-bond donors (Lipinski definition) is 1. The maximum absolute atomic E-state index is 12.3. The van der Waals surface area contributed by atoms with Crippen molar-refractivity contribution in [3.63, 3.8) is 0 Å². The van der Waals surface area contributed by atoms with E-state index in [1.165, 1.54) is 0 Å². The maximum Gasteiger partial charge on any atom is 0.225 e. The molecule has 2 saturated heterocycles. The number of hydrogen-bond acceptors (Lipinski definition) is 4. The number of nitrogens with zero attached hydrogens (tertiary/aromatic N) is 2. The Morgan fingerprint density at radius 2 is 2.00 bits per heavy atom. The lowest BCUT2D eigenvalue weighted by molar-refractivity contribution is -0.134. The normalized spacial score (nSPS) is 22.9. The summed E-state index contributed by atoms with van der Waals surface area (Å²) < 4.78 is 0. The average molecular weight is 271 g/mol. The SMILES string of the molecule is CN(CCN1CCNCC1)C(=O)C1CCSCC1. The van der Waals surface area contributed by atoms with Gasteiger partial charge in [0.25, 0.3) is 0 Å². The van der Waals surface area contributed by atoms with Crippen molar-refractivity contribution in [2.75, 3.05) is 57.8 Å². The monoisotopic (exact) mass is 271 g/mol. The van der Waals surface area contributed by atoms with Gasteiger partial charge in [-0.15, -0.1) is 0 Å². The predicted molar refractivity (Wildman–Crippen MR) is 77.0 cm³/mol. The summed E-state index contributed by atoms with van der Waals surface area (Å²) in [5.41, 5.74) is 0. The minimum atomic E-state index is 0.291. The van der Waals surface area contributed by atoms with Crippen LogP contribution in [0.5, 0.6) is 0 Å². The van der Waals surface area contributed by atoms with Crippen LogP contribution in [0.25, 0.3) is 0 Å². The van der Waals surface area contributed by atoms with Crippen LogP contribution in [0.4, 0.5) is 0 Å². The Morgan fingerprint density at radius 1 is 1.33 bits per heavy atom. The molecule has 2 aliphatic rings. The number of carbonyl (C=O) groups is 1. The lowest BCUT2D eigenvalue weighted by Gasteiger charge is -2.31. The molecule has 0 unspecified atom stereocenters. The van der Waals surface area contributed by atoms with Gasteiger partial charge in [0.05, 0.1) is 0 Å². The van der Waals surface area contributed by atoms with Crippen LogP contribution >= 0.6 is 11.8 Å². The van der Waals surface area contributed by atoms with Crippen LogP contribution in [0.15, 0.2) is 0 Å². The molecule has 0 spiro atoms. The lowest BCUT2D eigenvalue weighted by Crippen LogP contribution is -2.47. The van der Waals surface area contributed by atoms with Crippen molar-refractivity contribution in [1.29, 1.82) is 0 Å². The molecule has 0 aromatic rings. The van der Waals surface area contributed by atoms with E-state index in [1.54, 1.807) is 0 Å². The Bertz CT molecular complexity index is 263. The van der Waals surface area contributed by atoms with Gasteiger partial charge in [-0.1, -0.05) is 0 Å². The summed E-state index contributed by atoms with van der Waals surface area (Å²) in [5, 5.41) is 3.35. The van der Waals surface area contributed by atoms with E-state index >= 15 is 0 Å². The number of amides is 1. The van der Waals surface area contributed by atoms with Gasteiger partial charge < -0.3 is 10.2 Å². The zero-order valence-corrected chi connectivity index (χ0v) is 12.2. The molecule has 2 fully saturated rings. The summed E-state index contributed by atoms with van der Waals surface area (Å²) in [5.74, 6) is 2.97. The van der Waals surface area contributed by atoms with Gasteiger partial charge in [0, 0.05) is 52.2 Å². The van der Waals surface area contributed by atoms with E-state index in [0.29, 0.717) is 11.8 Å². The van der Waals surface area contributed by atoms with Crippen LogP contribution in [0.1, 0.15) is 12.8 Å². The van der Waals surface area contributed by atoms with Crippen LogP contribution in [-0.4, -0.2) is 73.5 Å². The van der Waals surface area contributed by atoms with E-state index < -0.39 is 0 Å². The van der Waals surface area contributed by atoms with E-state index in [4.69, 9.17) is 0 Å². The first-order valence-electron chi connectivity index (χ1n) is 7.03. The molecule has 0 radical (unpaired) electrons. The maximum atomic E-state index is 12.3. The first kappa shape index (κ1) is 14.2. The fraction of sp³-hybridized carbons (Fsp3) is 0.923. The van der Waals surface area contributed by atoms with E-state index in [1.807, 2.05) is 23.7 Å². The largest absolute Gasteiger partial charge is 0.344 e. The van der Waals surface area contributed by atoms with Crippen molar-refractivity contribution in [3.8, 4) is 0 Å². The molecule has 104 valence electrons. The molecule has 1 amide bonds. The Labute approximate surface area is 114 Å². The average Bonchev–Trinajstić information content (AvgIpc) is 2.46. The van der Waals surface area contributed by atoms with Gasteiger partial charge in [-0.3, -0.25) is 9.69 Å². The molecule has 0 bridgehead atoms.